The van der Waals surface area contributed by atoms with Crippen LogP contribution in [-0.4, -0.2) is 33.8 Å². The molecule has 1 aromatic rings. The van der Waals surface area contributed by atoms with Gasteiger partial charge in [-0.15, -0.1) is 0 Å². The molecule has 1 heterocycles. The fourth-order valence-electron chi connectivity index (χ4n) is 1.86. The standard InChI is InChI=1S/C11H12FNO4S/c1-17-11(14)8-3-4-10(9(12)7-8)13-5-2-6-18(13,15)16/h3-4,7H,2,5-6H2,1H3. The second-order valence-electron chi connectivity index (χ2n) is 3.90. The van der Waals surface area contributed by atoms with Gasteiger partial charge in [-0.05, 0) is 24.6 Å². The van der Waals surface area contributed by atoms with E-state index >= 15 is 0 Å². The van der Waals surface area contributed by atoms with Crippen molar-refractivity contribution in [1.82, 2.24) is 0 Å². The Morgan fingerprint density at radius 1 is 1.44 bits per heavy atom. The second-order valence-corrected chi connectivity index (χ2v) is 5.91. The van der Waals surface area contributed by atoms with Crippen LogP contribution < -0.4 is 4.31 Å². The van der Waals surface area contributed by atoms with Gasteiger partial charge in [-0.1, -0.05) is 0 Å². The van der Waals surface area contributed by atoms with E-state index in [1.807, 2.05) is 0 Å². The predicted octanol–water partition coefficient (Wildman–Crippen LogP) is 1.15. The first kappa shape index (κ1) is 12.8. The van der Waals surface area contributed by atoms with E-state index in [0.717, 1.165) is 10.4 Å². The van der Waals surface area contributed by atoms with Gasteiger partial charge in [-0.25, -0.2) is 17.6 Å². The molecule has 0 bridgehead atoms. The van der Waals surface area contributed by atoms with Crippen LogP contribution in [0.1, 0.15) is 16.8 Å². The lowest BCUT2D eigenvalue weighted by Gasteiger charge is -2.17. The van der Waals surface area contributed by atoms with E-state index in [9.17, 15) is 17.6 Å². The number of rotatable bonds is 2. The molecule has 0 aromatic heterocycles. The lowest BCUT2D eigenvalue weighted by molar-refractivity contribution is 0.0600. The van der Waals surface area contributed by atoms with E-state index in [-0.39, 0.29) is 23.5 Å². The minimum atomic E-state index is -3.42. The van der Waals surface area contributed by atoms with Crippen molar-refractivity contribution < 1.29 is 22.3 Å². The van der Waals surface area contributed by atoms with Crippen molar-refractivity contribution in [3.63, 3.8) is 0 Å². The fourth-order valence-corrected chi connectivity index (χ4v) is 3.43. The number of halogens is 1. The highest BCUT2D eigenvalue weighted by Gasteiger charge is 2.30. The summed E-state index contributed by atoms with van der Waals surface area (Å²) in [5, 5.41) is 0. The number of sulfonamides is 1. The number of hydrogen-bond acceptors (Lipinski definition) is 4. The van der Waals surface area contributed by atoms with Gasteiger partial charge in [0.05, 0.1) is 24.1 Å². The van der Waals surface area contributed by atoms with Gasteiger partial charge >= 0.3 is 5.97 Å². The Balaban J connectivity index is 2.39. The minimum Gasteiger partial charge on any atom is -0.465 e. The molecule has 0 radical (unpaired) electrons. The van der Waals surface area contributed by atoms with Crippen LogP contribution in [0.4, 0.5) is 10.1 Å². The zero-order valence-corrected chi connectivity index (χ0v) is 10.5. The number of carbonyl (C=O) groups excluding carboxylic acids is 1. The molecule has 1 aliphatic heterocycles. The lowest BCUT2D eigenvalue weighted by Crippen LogP contribution is -2.26. The van der Waals surface area contributed by atoms with Gasteiger partial charge in [0.15, 0.2) is 0 Å². The molecular formula is C11H12FNO4S. The summed E-state index contributed by atoms with van der Waals surface area (Å²) in [6.45, 7) is 0.261. The summed E-state index contributed by atoms with van der Waals surface area (Å²) < 4.78 is 42.6. The van der Waals surface area contributed by atoms with Crippen LogP contribution >= 0.6 is 0 Å². The topological polar surface area (TPSA) is 63.7 Å². The highest BCUT2D eigenvalue weighted by atomic mass is 32.2. The molecule has 0 saturated carbocycles. The molecule has 0 amide bonds. The van der Waals surface area contributed by atoms with Gasteiger partial charge < -0.3 is 4.74 Å². The molecule has 1 saturated heterocycles. The number of carbonyl (C=O) groups is 1. The predicted molar refractivity (Wildman–Crippen MR) is 63.5 cm³/mol. The van der Waals surface area contributed by atoms with Crippen molar-refractivity contribution in [1.29, 1.82) is 0 Å². The van der Waals surface area contributed by atoms with Crippen LogP contribution in [0.2, 0.25) is 0 Å². The molecule has 1 aromatic carbocycles. The van der Waals surface area contributed by atoms with Gasteiger partial charge in [0.1, 0.15) is 5.82 Å². The first-order chi connectivity index (χ1) is 8.45. The van der Waals surface area contributed by atoms with Gasteiger partial charge in [0, 0.05) is 6.54 Å². The quantitative estimate of drug-likeness (QED) is 0.758. The summed E-state index contributed by atoms with van der Waals surface area (Å²) in [6.07, 6.45) is 0.473. The van der Waals surface area contributed by atoms with E-state index in [4.69, 9.17) is 0 Å². The van der Waals surface area contributed by atoms with Gasteiger partial charge in [0.2, 0.25) is 10.0 Å². The molecule has 7 heteroatoms. The number of esters is 1. The number of benzene rings is 1. The number of hydrogen-bond donors (Lipinski definition) is 0. The fraction of sp³-hybridized carbons (Fsp3) is 0.364. The molecule has 0 atom stereocenters. The van der Waals surface area contributed by atoms with E-state index in [1.165, 1.54) is 19.2 Å². The normalized spacial score (nSPS) is 17.8. The van der Waals surface area contributed by atoms with Crippen LogP contribution in [-0.2, 0) is 14.8 Å². The van der Waals surface area contributed by atoms with Crippen LogP contribution in [0.15, 0.2) is 18.2 Å². The summed E-state index contributed by atoms with van der Waals surface area (Å²) in [4.78, 5) is 11.2. The average molecular weight is 273 g/mol. The third-order valence-electron chi connectivity index (χ3n) is 2.74. The van der Waals surface area contributed by atoms with Crippen LogP contribution in [0.25, 0.3) is 0 Å². The number of anilines is 1. The maximum Gasteiger partial charge on any atom is 0.337 e. The van der Waals surface area contributed by atoms with Crippen molar-refractivity contribution >= 4 is 21.7 Å². The van der Waals surface area contributed by atoms with Gasteiger partial charge in [0.25, 0.3) is 0 Å². The van der Waals surface area contributed by atoms with Crippen molar-refractivity contribution in [2.45, 2.75) is 6.42 Å². The maximum absolute atomic E-state index is 13.8. The monoisotopic (exact) mass is 273 g/mol. The van der Waals surface area contributed by atoms with E-state index < -0.39 is 21.8 Å². The smallest absolute Gasteiger partial charge is 0.337 e. The van der Waals surface area contributed by atoms with Gasteiger partial charge in [-0.3, -0.25) is 4.31 Å². The first-order valence-corrected chi connectivity index (χ1v) is 6.95. The third-order valence-corrected chi connectivity index (χ3v) is 4.59. The summed E-state index contributed by atoms with van der Waals surface area (Å²) in [6, 6.07) is 3.61. The number of nitrogens with zero attached hydrogens (tertiary/aromatic N) is 1. The molecular weight excluding hydrogens is 261 g/mol. The van der Waals surface area contributed by atoms with Crippen molar-refractivity contribution in [2.75, 3.05) is 23.7 Å². The second kappa shape index (κ2) is 4.56. The van der Waals surface area contributed by atoms with Crippen LogP contribution in [0, 0.1) is 5.82 Å². The Morgan fingerprint density at radius 3 is 2.67 bits per heavy atom. The Bertz CT molecular complexity index is 585. The number of ether oxygens (including phenoxy) is 1. The summed E-state index contributed by atoms with van der Waals surface area (Å²) in [5.41, 5.74) is 0.0236. The largest absolute Gasteiger partial charge is 0.465 e. The van der Waals surface area contributed by atoms with Crippen LogP contribution in [0.3, 0.4) is 0 Å². The SMILES string of the molecule is COC(=O)c1ccc(N2CCCS2(=O)=O)c(F)c1. The van der Waals surface area contributed by atoms with Gasteiger partial charge in [-0.2, -0.15) is 0 Å². The van der Waals surface area contributed by atoms with E-state index in [2.05, 4.69) is 4.74 Å². The average Bonchev–Trinajstić information content (AvgIpc) is 2.68. The molecule has 5 nitrogen and oxygen atoms in total. The molecule has 0 N–H and O–H groups in total. The van der Waals surface area contributed by atoms with Crippen molar-refractivity contribution in [2.24, 2.45) is 0 Å². The summed E-state index contributed by atoms with van der Waals surface area (Å²) in [5.74, 6) is -1.39. The Morgan fingerprint density at radius 2 is 2.17 bits per heavy atom. The highest BCUT2D eigenvalue weighted by Crippen LogP contribution is 2.27. The lowest BCUT2D eigenvalue weighted by atomic mass is 10.2. The van der Waals surface area contributed by atoms with Crippen molar-refractivity contribution in [3.05, 3.63) is 29.6 Å². The molecule has 1 aliphatic rings. The summed E-state index contributed by atoms with van der Waals surface area (Å²) in [7, 11) is -2.23. The van der Waals surface area contributed by atoms with E-state index in [1.54, 1.807) is 0 Å². The molecule has 1 fully saturated rings. The molecule has 0 unspecified atom stereocenters. The highest BCUT2D eigenvalue weighted by molar-refractivity contribution is 7.93. The molecule has 18 heavy (non-hydrogen) atoms. The molecule has 0 aliphatic carbocycles. The zero-order valence-electron chi connectivity index (χ0n) is 9.72. The van der Waals surface area contributed by atoms with E-state index in [0.29, 0.717) is 6.42 Å². The number of methoxy groups -OCH3 is 1. The first-order valence-electron chi connectivity index (χ1n) is 5.34. The molecule has 0 spiro atoms. The zero-order chi connectivity index (χ0) is 13.3. The third kappa shape index (κ3) is 2.17. The molecule has 98 valence electrons. The maximum atomic E-state index is 13.8. The Kier molecular flexibility index (Phi) is 3.25. The van der Waals surface area contributed by atoms with Crippen molar-refractivity contribution in [3.8, 4) is 0 Å². The minimum absolute atomic E-state index is 0.0190. The molecule has 2 rings (SSSR count). The Hall–Kier alpha value is -1.63. The Labute approximate surface area is 104 Å². The van der Waals surface area contributed by atoms with Crippen LogP contribution in [0.5, 0.6) is 0 Å². The summed E-state index contributed by atoms with van der Waals surface area (Å²) >= 11 is 0.